The largest absolute Gasteiger partial charge is 0.443 e. The van der Waals surface area contributed by atoms with Crippen molar-refractivity contribution in [1.29, 1.82) is 0 Å². The Bertz CT molecular complexity index is 868. The minimum Gasteiger partial charge on any atom is -0.443 e. The van der Waals surface area contributed by atoms with E-state index in [-0.39, 0.29) is 17.1 Å². The summed E-state index contributed by atoms with van der Waals surface area (Å²) in [5.74, 6) is -0.247. The summed E-state index contributed by atoms with van der Waals surface area (Å²) in [6.45, 7) is 14.0. The summed E-state index contributed by atoms with van der Waals surface area (Å²) in [6.07, 6.45) is -0.356. The Labute approximate surface area is 169 Å². The van der Waals surface area contributed by atoms with Crippen LogP contribution in [0.3, 0.4) is 0 Å². The van der Waals surface area contributed by atoms with E-state index in [4.69, 9.17) is 21.1 Å². The van der Waals surface area contributed by atoms with Crippen molar-refractivity contribution in [1.82, 2.24) is 19.5 Å². The number of anilines is 1. The molecule has 0 saturated carbocycles. The predicted molar refractivity (Wildman–Crippen MR) is 106 cm³/mol. The summed E-state index contributed by atoms with van der Waals surface area (Å²) in [5, 5.41) is 0.0107. The van der Waals surface area contributed by atoms with Crippen molar-refractivity contribution in [3.63, 3.8) is 0 Å². The molecule has 0 saturated heterocycles. The molecular weight excluding hydrogens is 386 g/mol. The number of fused-ring (bicyclic) bond motifs is 1. The molecular formula is C18H26ClN5O4. The molecule has 0 aliphatic heterocycles. The molecule has 2 amide bonds. The van der Waals surface area contributed by atoms with E-state index in [0.717, 1.165) is 0 Å². The minimum atomic E-state index is -0.965. The highest BCUT2D eigenvalue weighted by Crippen LogP contribution is 2.26. The zero-order chi connectivity index (χ0) is 21.4. The molecule has 0 atom stereocenters. The molecule has 9 nitrogen and oxygen atoms in total. The van der Waals surface area contributed by atoms with Crippen molar-refractivity contribution in [2.45, 2.75) is 72.6 Å². The smallest absolute Gasteiger partial charge is 0.427 e. The SMILES string of the molecule is CC(C)n1cnc2c(Cl)nc(N(C(=O)OC(C)(C)C)C(=O)OC(C)(C)C)nc21. The number of halogens is 1. The third-order valence-corrected chi connectivity index (χ3v) is 3.54. The lowest BCUT2D eigenvalue weighted by atomic mass is 10.2. The molecule has 2 aromatic heterocycles. The number of aromatic nitrogens is 4. The van der Waals surface area contributed by atoms with Crippen LogP contribution in [0.2, 0.25) is 5.15 Å². The van der Waals surface area contributed by atoms with Gasteiger partial charge in [0, 0.05) is 6.04 Å². The Morgan fingerprint density at radius 3 is 1.96 bits per heavy atom. The molecule has 0 aliphatic carbocycles. The second kappa shape index (κ2) is 7.54. The van der Waals surface area contributed by atoms with Gasteiger partial charge in [0.15, 0.2) is 10.8 Å². The van der Waals surface area contributed by atoms with Crippen LogP contribution in [-0.4, -0.2) is 42.9 Å². The second-order valence-corrected chi connectivity index (χ2v) is 8.89. The van der Waals surface area contributed by atoms with Gasteiger partial charge >= 0.3 is 12.2 Å². The molecule has 2 heterocycles. The lowest BCUT2D eigenvalue weighted by Crippen LogP contribution is -2.44. The average Bonchev–Trinajstić information content (AvgIpc) is 2.87. The van der Waals surface area contributed by atoms with E-state index in [1.807, 2.05) is 13.8 Å². The fourth-order valence-electron chi connectivity index (χ4n) is 2.20. The molecule has 0 N–H and O–H groups in total. The van der Waals surface area contributed by atoms with Crippen LogP contribution < -0.4 is 4.90 Å². The Balaban J connectivity index is 2.60. The van der Waals surface area contributed by atoms with Gasteiger partial charge in [-0.1, -0.05) is 11.6 Å². The molecule has 0 bridgehead atoms. The fourth-order valence-corrected chi connectivity index (χ4v) is 2.41. The Hall–Kier alpha value is -2.42. The van der Waals surface area contributed by atoms with E-state index in [9.17, 15) is 9.59 Å². The molecule has 0 spiro atoms. The van der Waals surface area contributed by atoms with Crippen LogP contribution in [0.15, 0.2) is 6.33 Å². The monoisotopic (exact) mass is 411 g/mol. The molecule has 0 radical (unpaired) electrons. The van der Waals surface area contributed by atoms with Crippen molar-refractivity contribution >= 4 is 40.9 Å². The van der Waals surface area contributed by atoms with Gasteiger partial charge < -0.3 is 14.0 Å². The molecule has 10 heteroatoms. The van der Waals surface area contributed by atoms with Gasteiger partial charge in [-0.05, 0) is 55.4 Å². The second-order valence-electron chi connectivity index (χ2n) is 8.53. The summed E-state index contributed by atoms with van der Waals surface area (Å²) >= 11 is 6.24. The van der Waals surface area contributed by atoms with Crippen LogP contribution in [0.4, 0.5) is 15.5 Å². The number of nitrogens with zero attached hydrogens (tertiary/aromatic N) is 5. The van der Waals surface area contributed by atoms with E-state index in [0.29, 0.717) is 16.1 Å². The summed E-state index contributed by atoms with van der Waals surface area (Å²) in [6, 6.07) is 0.0281. The van der Waals surface area contributed by atoms with Crippen LogP contribution >= 0.6 is 11.6 Å². The van der Waals surface area contributed by atoms with Crippen LogP contribution in [0.25, 0.3) is 11.2 Å². The number of amides is 2. The number of ether oxygens (including phenoxy) is 2. The molecule has 0 unspecified atom stereocenters. The zero-order valence-electron chi connectivity index (χ0n) is 17.4. The molecule has 2 aromatic rings. The molecule has 0 fully saturated rings. The van der Waals surface area contributed by atoms with E-state index < -0.39 is 23.4 Å². The maximum absolute atomic E-state index is 12.7. The van der Waals surface area contributed by atoms with Gasteiger partial charge in [0.2, 0.25) is 5.95 Å². The summed E-state index contributed by atoms with van der Waals surface area (Å²) < 4.78 is 12.4. The van der Waals surface area contributed by atoms with Crippen molar-refractivity contribution < 1.29 is 19.1 Å². The van der Waals surface area contributed by atoms with Crippen LogP contribution in [-0.2, 0) is 9.47 Å². The van der Waals surface area contributed by atoms with Gasteiger partial charge in [-0.3, -0.25) is 0 Å². The van der Waals surface area contributed by atoms with Gasteiger partial charge in [0.1, 0.15) is 16.7 Å². The predicted octanol–water partition coefficient (Wildman–Crippen LogP) is 4.74. The van der Waals surface area contributed by atoms with Crippen LogP contribution in [0.5, 0.6) is 0 Å². The van der Waals surface area contributed by atoms with Crippen LogP contribution in [0, 0.1) is 0 Å². The number of rotatable bonds is 2. The number of hydrogen-bond acceptors (Lipinski definition) is 7. The quantitative estimate of drug-likeness (QED) is 0.658. The van der Waals surface area contributed by atoms with Crippen molar-refractivity contribution in [3.05, 3.63) is 11.5 Å². The fraction of sp³-hybridized carbons (Fsp3) is 0.611. The Morgan fingerprint density at radius 2 is 1.54 bits per heavy atom. The van der Waals surface area contributed by atoms with E-state index >= 15 is 0 Å². The van der Waals surface area contributed by atoms with Crippen molar-refractivity contribution in [2.24, 2.45) is 0 Å². The summed E-state index contributed by atoms with van der Waals surface area (Å²) in [5.41, 5.74) is -0.926. The lowest BCUT2D eigenvalue weighted by Gasteiger charge is -2.27. The topological polar surface area (TPSA) is 99.4 Å². The average molecular weight is 412 g/mol. The van der Waals surface area contributed by atoms with Crippen LogP contribution in [0.1, 0.15) is 61.4 Å². The molecule has 28 heavy (non-hydrogen) atoms. The number of hydrogen-bond donors (Lipinski definition) is 0. The van der Waals surface area contributed by atoms with Gasteiger partial charge in [0.25, 0.3) is 0 Å². The summed E-state index contributed by atoms with van der Waals surface area (Å²) in [7, 11) is 0. The number of carbonyl (C=O) groups is 2. The normalized spacial score (nSPS) is 12.4. The Kier molecular flexibility index (Phi) is 5.89. The van der Waals surface area contributed by atoms with Crippen molar-refractivity contribution in [3.8, 4) is 0 Å². The van der Waals surface area contributed by atoms with E-state index in [1.54, 1.807) is 52.4 Å². The molecule has 0 aliphatic rings. The first-order valence-corrected chi connectivity index (χ1v) is 9.23. The standard InChI is InChI=1S/C18H26ClN5O4/c1-10(2)23-9-20-11-12(19)21-14(22-13(11)23)24(15(25)27-17(3,4)5)16(26)28-18(6,7)8/h9-10H,1-8H3. The maximum Gasteiger partial charge on any atom is 0.427 e. The van der Waals surface area contributed by atoms with Gasteiger partial charge in [0.05, 0.1) is 6.33 Å². The lowest BCUT2D eigenvalue weighted by molar-refractivity contribution is 0.0427. The van der Waals surface area contributed by atoms with Crippen molar-refractivity contribution in [2.75, 3.05) is 4.90 Å². The Morgan fingerprint density at radius 1 is 1.04 bits per heavy atom. The van der Waals surface area contributed by atoms with Gasteiger partial charge in [-0.25, -0.2) is 14.6 Å². The molecule has 0 aromatic carbocycles. The minimum absolute atomic E-state index is 0.0107. The highest BCUT2D eigenvalue weighted by molar-refractivity contribution is 6.33. The number of imide groups is 1. The first kappa shape index (κ1) is 21.9. The third-order valence-electron chi connectivity index (χ3n) is 3.28. The van der Waals surface area contributed by atoms with Gasteiger partial charge in [-0.15, -0.1) is 4.90 Å². The first-order chi connectivity index (χ1) is 12.7. The number of carbonyl (C=O) groups excluding carboxylic acids is 2. The van der Waals surface area contributed by atoms with Gasteiger partial charge in [-0.2, -0.15) is 9.97 Å². The maximum atomic E-state index is 12.7. The molecule has 154 valence electrons. The summed E-state index contributed by atoms with van der Waals surface area (Å²) in [4.78, 5) is 38.8. The third kappa shape index (κ3) is 5.09. The zero-order valence-corrected chi connectivity index (χ0v) is 18.2. The highest BCUT2D eigenvalue weighted by atomic mass is 35.5. The molecule has 2 rings (SSSR count). The number of imidazole rings is 1. The highest BCUT2D eigenvalue weighted by Gasteiger charge is 2.35. The van der Waals surface area contributed by atoms with E-state index in [2.05, 4.69) is 15.0 Å². The van der Waals surface area contributed by atoms with E-state index in [1.165, 1.54) is 0 Å². The first-order valence-electron chi connectivity index (χ1n) is 8.86.